The van der Waals surface area contributed by atoms with Gasteiger partial charge < -0.3 is 10.2 Å². The van der Waals surface area contributed by atoms with Gasteiger partial charge in [-0.1, -0.05) is 24.3 Å². The third-order valence-corrected chi connectivity index (χ3v) is 2.78. The van der Waals surface area contributed by atoms with Crippen molar-refractivity contribution in [3.05, 3.63) is 61.1 Å². The summed E-state index contributed by atoms with van der Waals surface area (Å²) in [6.07, 6.45) is 3.01. The van der Waals surface area contributed by atoms with E-state index in [2.05, 4.69) is 21.9 Å². The van der Waals surface area contributed by atoms with Crippen molar-refractivity contribution in [2.24, 2.45) is 0 Å². The van der Waals surface area contributed by atoms with E-state index in [1.54, 1.807) is 12.1 Å². The van der Waals surface area contributed by atoms with Gasteiger partial charge in [0.1, 0.15) is 17.8 Å². The highest BCUT2D eigenvalue weighted by molar-refractivity contribution is 5.93. The molecular formula is C15H16N4O. The number of amides is 1. The molecule has 1 aromatic carbocycles. The molecule has 2 aromatic rings. The molecule has 0 saturated heterocycles. The number of anilines is 2. The molecule has 2 rings (SSSR count). The Morgan fingerprint density at radius 3 is 2.80 bits per heavy atom. The van der Waals surface area contributed by atoms with Crippen LogP contribution in [0.5, 0.6) is 0 Å². The van der Waals surface area contributed by atoms with Crippen LogP contribution in [0.4, 0.5) is 11.5 Å². The first-order valence-electron chi connectivity index (χ1n) is 6.22. The van der Waals surface area contributed by atoms with Crippen molar-refractivity contribution in [3.8, 4) is 0 Å². The maximum atomic E-state index is 11.8. The Balaban J connectivity index is 2.21. The molecule has 0 fully saturated rings. The van der Waals surface area contributed by atoms with Crippen LogP contribution in [0.25, 0.3) is 0 Å². The van der Waals surface area contributed by atoms with Crippen molar-refractivity contribution in [2.75, 3.05) is 18.5 Å². The molecule has 0 radical (unpaired) electrons. The number of nitrogens with zero attached hydrogens (tertiary/aromatic N) is 3. The van der Waals surface area contributed by atoms with Crippen LogP contribution >= 0.6 is 0 Å². The Morgan fingerprint density at radius 2 is 2.10 bits per heavy atom. The third kappa shape index (κ3) is 3.20. The second kappa shape index (κ2) is 6.47. The van der Waals surface area contributed by atoms with E-state index in [0.29, 0.717) is 18.1 Å². The Kier molecular flexibility index (Phi) is 4.44. The van der Waals surface area contributed by atoms with Crippen LogP contribution in [0.15, 0.2) is 55.4 Å². The number of benzene rings is 1. The predicted molar refractivity (Wildman–Crippen MR) is 79.1 cm³/mol. The maximum absolute atomic E-state index is 11.8. The summed E-state index contributed by atoms with van der Waals surface area (Å²) in [5.74, 6) is 0.421. The minimum Gasteiger partial charge on any atom is -0.347 e. The number of hydrogen-bond donors (Lipinski definition) is 1. The maximum Gasteiger partial charge on any atom is 0.270 e. The number of nitrogens with one attached hydrogen (secondary N) is 1. The fourth-order valence-corrected chi connectivity index (χ4v) is 1.69. The summed E-state index contributed by atoms with van der Waals surface area (Å²) in [4.78, 5) is 21.9. The highest BCUT2D eigenvalue weighted by Crippen LogP contribution is 2.20. The van der Waals surface area contributed by atoms with Crippen molar-refractivity contribution in [3.63, 3.8) is 0 Å². The first kappa shape index (κ1) is 13.7. The highest BCUT2D eigenvalue weighted by atomic mass is 16.1. The Bertz CT molecular complexity index is 598. The summed E-state index contributed by atoms with van der Waals surface area (Å²) in [6.45, 7) is 3.97. The molecule has 0 unspecified atom stereocenters. The van der Waals surface area contributed by atoms with E-state index in [0.717, 1.165) is 5.69 Å². The average Bonchev–Trinajstić information content (AvgIpc) is 2.52. The van der Waals surface area contributed by atoms with E-state index in [1.807, 2.05) is 42.3 Å². The minimum atomic E-state index is -0.241. The van der Waals surface area contributed by atoms with Gasteiger partial charge >= 0.3 is 0 Å². The van der Waals surface area contributed by atoms with Gasteiger partial charge in [-0.3, -0.25) is 4.79 Å². The number of para-hydroxylation sites is 1. The molecule has 0 aliphatic carbocycles. The van der Waals surface area contributed by atoms with E-state index in [-0.39, 0.29) is 5.91 Å². The number of carbonyl (C=O) groups is 1. The first-order chi connectivity index (χ1) is 9.72. The van der Waals surface area contributed by atoms with E-state index < -0.39 is 0 Å². The van der Waals surface area contributed by atoms with Gasteiger partial charge in [-0.2, -0.15) is 0 Å². The summed E-state index contributed by atoms with van der Waals surface area (Å²) in [7, 11) is 1.89. The van der Waals surface area contributed by atoms with Crippen LogP contribution in [0.3, 0.4) is 0 Å². The largest absolute Gasteiger partial charge is 0.347 e. The molecule has 0 aliphatic rings. The fourth-order valence-electron chi connectivity index (χ4n) is 1.69. The van der Waals surface area contributed by atoms with Gasteiger partial charge in [-0.25, -0.2) is 9.97 Å². The predicted octanol–water partition coefficient (Wildman–Crippen LogP) is 2.16. The topological polar surface area (TPSA) is 58.1 Å². The molecule has 0 atom stereocenters. The summed E-state index contributed by atoms with van der Waals surface area (Å²) in [6, 6.07) is 11.4. The van der Waals surface area contributed by atoms with E-state index >= 15 is 0 Å². The smallest absolute Gasteiger partial charge is 0.270 e. The molecular weight excluding hydrogens is 252 g/mol. The molecule has 0 bridgehead atoms. The van der Waals surface area contributed by atoms with Crippen molar-refractivity contribution >= 4 is 17.4 Å². The lowest BCUT2D eigenvalue weighted by atomic mass is 10.3. The number of aromatic nitrogens is 2. The van der Waals surface area contributed by atoms with E-state index in [9.17, 15) is 4.79 Å². The highest BCUT2D eigenvalue weighted by Gasteiger charge is 2.10. The summed E-state index contributed by atoms with van der Waals surface area (Å²) < 4.78 is 0. The van der Waals surface area contributed by atoms with E-state index in [4.69, 9.17) is 0 Å². The average molecular weight is 268 g/mol. The number of rotatable bonds is 5. The van der Waals surface area contributed by atoms with Gasteiger partial charge in [0.25, 0.3) is 5.91 Å². The minimum absolute atomic E-state index is 0.241. The zero-order chi connectivity index (χ0) is 14.4. The molecule has 102 valence electrons. The first-order valence-corrected chi connectivity index (χ1v) is 6.22. The van der Waals surface area contributed by atoms with Gasteiger partial charge in [-0.05, 0) is 12.1 Å². The molecule has 0 saturated carbocycles. The molecule has 1 amide bonds. The monoisotopic (exact) mass is 268 g/mol. The van der Waals surface area contributed by atoms with Crippen LogP contribution < -0.4 is 10.2 Å². The SMILES string of the molecule is C=CCNC(=O)c1cc(N(C)c2ccccc2)ncn1. The summed E-state index contributed by atoms with van der Waals surface area (Å²) in [5.41, 5.74) is 1.32. The zero-order valence-corrected chi connectivity index (χ0v) is 11.3. The van der Waals surface area contributed by atoms with E-state index in [1.165, 1.54) is 6.33 Å². The summed E-state index contributed by atoms with van der Waals surface area (Å²) >= 11 is 0. The van der Waals surface area contributed by atoms with Crippen LogP contribution in [-0.2, 0) is 0 Å². The second-order valence-electron chi connectivity index (χ2n) is 4.15. The quantitative estimate of drug-likeness (QED) is 0.844. The summed E-state index contributed by atoms with van der Waals surface area (Å²) in [5, 5.41) is 2.69. The lowest BCUT2D eigenvalue weighted by molar-refractivity contribution is 0.0953. The fraction of sp³-hybridized carbons (Fsp3) is 0.133. The van der Waals surface area contributed by atoms with Crippen molar-refractivity contribution in [1.29, 1.82) is 0 Å². The van der Waals surface area contributed by atoms with Crippen LogP contribution in [0.2, 0.25) is 0 Å². The van der Waals surface area contributed by atoms with Gasteiger partial charge in [0, 0.05) is 25.3 Å². The third-order valence-electron chi connectivity index (χ3n) is 2.78. The lowest BCUT2D eigenvalue weighted by Crippen LogP contribution is -2.24. The molecule has 5 nitrogen and oxygen atoms in total. The van der Waals surface area contributed by atoms with Crippen LogP contribution in [0.1, 0.15) is 10.5 Å². The molecule has 1 heterocycles. The Labute approximate surface area is 118 Å². The van der Waals surface area contributed by atoms with Gasteiger partial charge in [0.15, 0.2) is 0 Å². The lowest BCUT2D eigenvalue weighted by Gasteiger charge is -2.18. The molecule has 1 aromatic heterocycles. The normalized spacial score (nSPS) is 9.85. The van der Waals surface area contributed by atoms with Gasteiger partial charge in [0.2, 0.25) is 0 Å². The number of carbonyl (C=O) groups excluding carboxylic acids is 1. The molecule has 1 N–H and O–H groups in total. The van der Waals surface area contributed by atoms with Crippen molar-refractivity contribution in [2.45, 2.75) is 0 Å². The van der Waals surface area contributed by atoms with Gasteiger partial charge in [0.05, 0.1) is 0 Å². The van der Waals surface area contributed by atoms with Crippen molar-refractivity contribution in [1.82, 2.24) is 15.3 Å². The zero-order valence-electron chi connectivity index (χ0n) is 11.3. The molecule has 20 heavy (non-hydrogen) atoms. The van der Waals surface area contributed by atoms with Crippen molar-refractivity contribution < 1.29 is 4.79 Å². The Morgan fingerprint density at radius 1 is 1.35 bits per heavy atom. The number of hydrogen-bond acceptors (Lipinski definition) is 4. The van der Waals surface area contributed by atoms with Crippen LogP contribution in [-0.4, -0.2) is 29.5 Å². The van der Waals surface area contributed by atoms with Gasteiger partial charge in [-0.15, -0.1) is 6.58 Å². The standard InChI is InChI=1S/C15H16N4O/c1-3-9-16-15(20)13-10-14(18-11-17-13)19(2)12-7-5-4-6-8-12/h3-8,10-11H,1,9H2,2H3,(H,16,20). The molecule has 0 spiro atoms. The molecule has 0 aliphatic heterocycles. The Hall–Kier alpha value is -2.69. The van der Waals surface area contributed by atoms with Crippen LogP contribution in [0, 0.1) is 0 Å². The molecule has 5 heteroatoms. The second-order valence-corrected chi connectivity index (χ2v) is 4.15.